The second-order valence-electron chi connectivity index (χ2n) is 4.59. The van der Waals surface area contributed by atoms with Crippen LogP contribution in [0.2, 0.25) is 0 Å². The molecule has 2 heterocycles. The number of amides is 1. The van der Waals surface area contributed by atoms with Crippen LogP contribution in [0.15, 0.2) is 47.5 Å². The van der Waals surface area contributed by atoms with E-state index in [1.54, 1.807) is 6.07 Å². The van der Waals surface area contributed by atoms with E-state index < -0.39 is 0 Å². The van der Waals surface area contributed by atoms with Gasteiger partial charge in [-0.25, -0.2) is 0 Å². The molecule has 0 saturated carbocycles. The molecule has 4 nitrogen and oxygen atoms in total. The molecule has 0 bridgehead atoms. The third kappa shape index (κ3) is 2.40. The molecule has 0 radical (unpaired) electrons. The second-order valence-corrected chi connectivity index (χ2v) is 5.50. The molecule has 0 spiro atoms. The summed E-state index contributed by atoms with van der Waals surface area (Å²) in [6.45, 7) is 3.95. The maximum Gasteiger partial charge on any atom is 0.279 e. The summed E-state index contributed by atoms with van der Waals surface area (Å²) in [7, 11) is 0. The highest BCUT2D eigenvalue weighted by atomic mass is 32.1. The molecule has 0 aliphatic carbocycles. The summed E-state index contributed by atoms with van der Waals surface area (Å²) in [5.41, 5.74) is 3.52. The minimum atomic E-state index is -0.258. The lowest BCUT2D eigenvalue weighted by Crippen LogP contribution is -2.05. The highest BCUT2D eigenvalue weighted by molar-refractivity contribution is 7.03. The van der Waals surface area contributed by atoms with Crippen molar-refractivity contribution in [3.05, 3.63) is 64.1 Å². The average molecular weight is 283 g/mol. The van der Waals surface area contributed by atoms with E-state index in [2.05, 4.69) is 9.98 Å². The normalized spacial score (nSPS) is 12.0. The first-order chi connectivity index (χ1) is 9.63. The molecule has 100 valence electrons. The SMILES string of the molecule is Cc1cccc(C(=O)N=c2nc3cccc(C)n3s2)c1. The van der Waals surface area contributed by atoms with Crippen molar-refractivity contribution in [2.75, 3.05) is 0 Å². The molecule has 1 amide bonds. The summed E-state index contributed by atoms with van der Waals surface area (Å²) in [5.74, 6) is -0.258. The molecule has 0 N–H and O–H groups in total. The molecule has 0 fully saturated rings. The van der Waals surface area contributed by atoms with E-state index >= 15 is 0 Å². The Balaban J connectivity index is 2.06. The van der Waals surface area contributed by atoms with Crippen molar-refractivity contribution in [3.63, 3.8) is 0 Å². The number of fused-ring (bicyclic) bond motifs is 1. The summed E-state index contributed by atoms with van der Waals surface area (Å²) in [6, 6.07) is 13.2. The Hall–Kier alpha value is -2.27. The van der Waals surface area contributed by atoms with Crippen LogP contribution in [0.3, 0.4) is 0 Å². The Morgan fingerprint density at radius 2 is 2.00 bits per heavy atom. The molecule has 0 saturated heterocycles. The number of carbonyl (C=O) groups excluding carboxylic acids is 1. The van der Waals surface area contributed by atoms with Gasteiger partial charge in [0.25, 0.3) is 5.91 Å². The molecule has 0 atom stereocenters. The van der Waals surface area contributed by atoms with Crippen LogP contribution in [0.25, 0.3) is 5.65 Å². The van der Waals surface area contributed by atoms with Gasteiger partial charge < -0.3 is 0 Å². The van der Waals surface area contributed by atoms with Crippen LogP contribution < -0.4 is 4.80 Å². The third-order valence-electron chi connectivity index (χ3n) is 2.96. The van der Waals surface area contributed by atoms with Crippen molar-refractivity contribution in [2.24, 2.45) is 4.99 Å². The molecule has 3 aromatic rings. The number of hydrogen-bond acceptors (Lipinski definition) is 3. The van der Waals surface area contributed by atoms with Gasteiger partial charge in [-0.15, -0.1) is 0 Å². The summed E-state index contributed by atoms with van der Waals surface area (Å²) in [4.78, 5) is 21.0. The van der Waals surface area contributed by atoms with Crippen molar-refractivity contribution >= 4 is 23.1 Å². The van der Waals surface area contributed by atoms with Crippen LogP contribution in [-0.2, 0) is 0 Å². The average Bonchev–Trinajstić information content (AvgIpc) is 2.83. The number of carbonyl (C=O) groups is 1. The quantitative estimate of drug-likeness (QED) is 0.689. The fourth-order valence-electron chi connectivity index (χ4n) is 1.97. The summed E-state index contributed by atoms with van der Waals surface area (Å²) in [6.07, 6.45) is 0. The highest BCUT2D eigenvalue weighted by Gasteiger charge is 2.05. The van der Waals surface area contributed by atoms with E-state index in [9.17, 15) is 4.79 Å². The van der Waals surface area contributed by atoms with Crippen molar-refractivity contribution in [3.8, 4) is 0 Å². The standard InChI is InChI=1S/C15H13N3OS/c1-10-5-3-7-12(9-10)14(19)17-15-16-13-8-4-6-11(2)18(13)20-15/h3-9H,1-2H3. The molecule has 0 unspecified atom stereocenters. The van der Waals surface area contributed by atoms with Crippen LogP contribution >= 0.6 is 11.5 Å². The topological polar surface area (TPSA) is 46.7 Å². The number of pyridine rings is 1. The number of aryl methyl sites for hydroxylation is 2. The van der Waals surface area contributed by atoms with Crippen LogP contribution in [0, 0.1) is 13.8 Å². The summed E-state index contributed by atoms with van der Waals surface area (Å²) < 4.78 is 1.96. The zero-order chi connectivity index (χ0) is 14.1. The molecule has 0 aliphatic rings. The third-order valence-corrected chi connectivity index (χ3v) is 3.96. The van der Waals surface area contributed by atoms with Gasteiger partial charge in [-0.05, 0) is 49.6 Å². The van der Waals surface area contributed by atoms with Crippen LogP contribution in [-0.4, -0.2) is 14.7 Å². The Morgan fingerprint density at radius 1 is 1.20 bits per heavy atom. The van der Waals surface area contributed by atoms with Gasteiger partial charge in [0.2, 0.25) is 4.80 Å². The van der Waals surface area contributed by atoms with E-state index in [1.807, 2.05) is 54.0 Å². The Morgan fingerprint density at radius 3 is 2.75 bits per heavy atom. The first-order valence-electron chi connectivity index (χ1n) is 6.25. The van der Waals surface area contributed by atoms with E-state index in [-0.39, 0.29) is 5.91 Å². The van der Waals surface area contributed by atoms with E-state index in [4.69, 9.17) is 0 Å². The van der Waals surface area contributed by atoms with Crippen molar-refractivity contribution < 1.29 is 4.79 Å². The fraction of sp³-hybridized carbons (Fsp3) is 0.133. The number of rotatable bonds is 1. The molecule has 2 aromatic heterocycles. The van der Waals surface area contributed by atoms with Crippen molar-refractivity contribution in [1.82, 2.24) is 8.77 Å². The molecule has 1 aromatic carbocycles. The van der Waals surface area contributed by atoms with Gasteiger partial charge in [0, 0.05) is 11.3 Å². The monoisotopic (exact) mass is 283 g/mol. The molecule has 3 rings (SSSR count). The maximum atomic E-state index is 12.1. The van der Waals surface area contributed by atoms with Gasteiger partial charge in [0.05, 0.1) is 0 Å². The Labute approximate surface area is 120 Å². The van der Waals surface area contributed by atoms with Gasteiger partial charge >= 0.3 is 0 Å². The number of aromatic nitrogens is 2. The minimum absolute atomic E-state index is 0.258. The minimum Gasteiger partial charge on any atom is -0.267 e. The number of nitrogens with zero attached hydrogens (tertiary/aromatic N) is 3. The summed E-state index contributed by atoms with van der Waals surface area (Å²) in [5, 5.41) is 0. The van der Waals surface area contributed by atoms with Crippen LogP contribution in [0.4, 0.5) is 0 Å². The van der Waals surface area contributed by atoms with Gasteiger partial charge in [-0.3, -0.25) is 8.58 Å². The lowest BCUT2D eigenvalue weighted by molar-refractivity contribution is 0.0998. The lowest BCUT2D eigenvalue weighted by Gasteiger charge is -1.95. The zero-order valence-electron chi connectivity index (χ0n) is 11.2. The van der Waals surface area contributed by atoms with Gasteiger partial charge in [-0.1, -0.05) is 23.8 Å². The predicted molar refractivity (Wildman–Crippen MR) is 78.9 cm³/mol. The Bertz CT molecular complexity index is 861. The smallest absolute Gasteiger partial charge is 0.267 e. The Kier molecular flexibility index (Phi) is 3.20. The van der Waals surface area contributed by atoms with Gasteiger partial charge in [0.15, 0.2) is 0 Å². The van der Waals surface area contributed by atoms with E-state index in [1.165, 1.54) is 11.5 Å². The summed E-state index contributed by atoms with van der Waals surface area (Å²) >= 11 is 1.37. The lowest BCUT2D eigenvalue weighted by atomic mass is 10.1. The molecular formula is C15H13N3OS. The first kappa shape index (κ1) is 12.7. The van der Waals surface area contributed by atoms with Crippen molar-refractivity contribution in [1.29, 1.82) is 0 Å². The highest BCUT2D eigenvalue weighted by Crippen LogP contribution is 2.07. The number of hydrogen-bond donors (Lipinski definition) is 0. The zero-order valence-corrected chi connectivity index (χ0v) is 12.0. The molecule has 20 heavy (non-hydrogen) atoms. The number of benzene rings is 1. The van der Waals surface area contributed by atoms with Gasteiger partial charge in [0.1, 0.15) is 5.65 Å². The fourth-order valence-corrected chi connectivity index (χ4v) is 2.79. The van der Waals surface area contributed by atoms with Crippen LogP contribution in [0.1, 0.15) is 21.6 Å². The molecule has 5 heteroatoms. The van der Waals surface area contributed by atoms with Crippen LogP contribution in [0.5, 0.6) is 0 Å². The van der Waals surface area contributed by atoms with E-state index in [0.717, 1.165) is 16.9 Å². The predicted octanol–water partition coefficient (Wildman–Crippen LogP) is 2.75. The largest absolute Gasteiger partial charge is 0.279 e. The molecular weight excluding hydrogens is 270 g/mol. The van der Waals surface area contributed by atoms with Gasteiger partial charge in [-0.2, -0.15) is 9.98 Å². The molecule has 0 aliphatic heterocycles. The first-order valence-corrected chi connectivity index (χ1v) is 7.02. The van der Waals surface area contributed by atoms with Crippen molar-refractivity contribution in [2.45, 2.75) is 13.8 Å². The second kappa shape index (κ2) is 5.02. The maximum absolute atomic E-state index is 12.1. The van der Waals surface area contributed by atoms with E-state index in [0.29, 0.717) is 10.4 Å².